The molecule has 122 valence electrons. The summed E-state index contributed by atoms with van der Waals surface area (Å²) in [7, 11) is 1.60. The number of carboxylic acid groups (broad SMARTS) is 1. The number of piperazine rings is 1. The second kappa shape index (κ2) is 5.30. The van der Waals surface area contributed by atoms with Crippen molar-refractivity contribution in [3.63, 3.8) is 0 Å². The zero-order valence-corrected chi connectivity index (χ0v) is 14.1. The van der Waals surface area contributed by atoms with Gasteiger partial charge in [0.1, 0.15) is 5.75 Å². The summed E-state index contributed by atoms with van der Waals surface area (Å²) in [6.07, 6.45) is 0.945. The number of hydrogen-bond donors (Lipinski definition) is 1. The molecule has 2 fully saturated rings. The molecule has 0 spiro atoms. The highest BCUT2D eigenvalue weighted by Crippen LogP contribution is 2.37. The van der Waals surface area contributed by atoms with Gasteiger partial charge in [0.05, 0.1) is 23.7 Å². The average Bonchev–Trinajstić information content (AvgIpc) is 3.08. The number of oxazole rings is 1. The van der Waals surface area contributed by atoms with Crippen LogP contribution in [0.25, 0.3) is 11.1 Å². The number of hydrogen-bond acceptors (Lipinski definition) is 5. The van der Waals surface area contributed by atoms with Crippen LogP contribution < -0.4 is 9.64 Å². The first-order chi connectivity index (χ1) is 11.1. The van der Waals surface area contributed by atoms with Crippen molar-refractivity contribution >= 4 is 39.1 Å². The highest BCUT2D eigenvalue weighted by molar-refractivity contribution is 9.10. The minimum Gasteiger partial charge on any atom is -0.494 e. The number of amides is 1. The molecule has 1 N–H and O–H groups in total. The zero-order chi connectivity index (χ0) is 16.1. The molecule has 0 saturated carbocycles. The van der Waals surface area contributed by atoms with Crippen molar-refractivity contribution in [3.8, 4) is 5.75 Å². The number of anilines is 1. The summed E-state index contributed by atoms with van der Waals surface area (Å²) in [4.78, 5) is 19.6. The third-order valence-corrected chi connectivity index (χ3v) is 5.27. The van der Waals surface area contributed by atoms with Gasteiger partial charge in [0.2, 0.25) is 0 Å². The molecule has 2 aliphatic heterocycles. The van der Waals surface area contributed by atoms with Crippen molar-refractivity contribution in [2.45, 2.75) is 24.9 Å². The van der Waals surface area contributed by atoms with Gasteiger partial charge in [-0.1, -0.05) is 0 Å². The SMILES string of the molecule is COc1ccc(Br)c2oc(N3CC4CCC(C3)N4C(=O)O)nc12. The van der Waals surface area contributed by atoms with Crippen LogP contribution in [0.1, 0.15) is 12.8 Å². The van der Waals surface area contributed by atoms with Crippen LogP contribution in [0, 0.1) is 0 Å². The molecule has 2 unspecified atom stereocenters. The summed E-state index contributed by atoms with van der Waals surface area (Å²) in [6.45, 7) is 1.21. The van der Waals surface area contributed by atoms with Gasteiger partial charge in [0.15, 0.2) is 11.1 Å². The van der Waals surface area contributed by atoms with Gasteiger partial charge in [-0.05, 0) is 40.9 Å². The van der Waals surface area contributed by atoms with E-state index in [0.29, 0.717) is 36.0 Å². The fourth-order valence-corrected chi connectivity index (χ4v) is 4.01. The standard InChI is InChI=1S/C15H16BrN3O4/c1-22-11-5-4-10(16)13-12(11)17-14(23-13)18-6-8-2-3-9(7-18)19(8)15(20)21/h4-5,8-9H,2-3,6-7H2,1H3,(H,20,21). The first-order valence-electron chi connectivity index (χ1n) is 7.47. The maximum Gasteiger partial charge on any atom is 0.407 e. The molecule has 23 heavy (non-hydrogen) atoms. The van der Waals surface area contributed by atoms with E-state index in [2.05, 4.69) is 20.9 Å². The molecule has 2 saturated heterocycles. The smallest absolute Gasteiger partial charge is 0.407 e. The molecule has 3 heterocycles. The highest BCUT2D eigenvalue weighted by Gasteiger charge is 2.43. The molecule has 4 rings (SSSR count). The fourth-order valence-electron chi connectivity index (χ4n) is 3.61. The Bertz CT molecular complexity index is 763. The lowest BCUT2D eigenvalue weighted by molar-refractivity contribution is 0.114. The first-order valence-corrected chi connectivity index (χ1v) is 8.27. The molecule has 0 radical (unpaired) electrons. The maximum atomic E-state index is 11.4. The molecule has 2 aromatic rings. The molecule has 2 aliphatic rings. The predicted octanol–water partition coefficient (Wildman–Crippen LogP) is 2.93. The molecule has 2 bridgehead atoms. The predicted molar refractivity (Wildman–Crippen MR) is 87.1 cm³/mol. The van der Waals surface area contributed by atoms with E-state index in [0.717, 1.165) is 17.3 Å². The number of nitrogens with zero attached hydrogens (tertiary/aromatic N) is 3. The maximum absolute atomic E-state index is 11.4. The first kappa shape index (κ1) is 14.6. The van der Waals surface area contributed by atoms with Crippen LogP contribution in [-0.4, -0.2) is 53.4 Å². The van der Waals surface area contributed by atoms with Gasteiger partial charge in [-0.15, -0.1) is 0 Å². The lowest BCUT2D eigenvalue weighted by atomic mass is 10.2. The molecule has 1 aromatic heterocycles. The van der Waals surface area contributed by atoms with Gasteiger partial charge in [-0.3, -0.25) is 4.90 Å². The molecular weight excluding hydrogens is 366 g/mol. The van der Waals surface area contributed by atoms with Crippen LogP contribution >= 0.6 is 15.9 Å². The van der Waals surface area contributed by atoms with E-state index in [4.69, 9.17) is 9.15 Å². The Balaban J connectivity index is 1.69. The normalized spacial score (nSPS) is 23.6. The van der Waals surface area contributed by atoms with Gasteiger partial charge < -0.3 is 19.2 Å². The van der Waals surface area contributed by atoms with Gasteiger partial charge in [0, 0.05) is 13.1 Å². The lowest BCUT2D eigenvalue weighted by Crippen LogP contribution is -2.55. The van der Waals surface area contributed by atoms with Gasteiger partial charge in [-0.25, -0.2) is 4.79 Å². The van der Waals surface area contributed by atoms with Crippen molar-refractivity contribution in [2.24, 2.45) is 0 Å². The van der Waals surface area contributed by atoms with Gasteiger partial charge >= 0.3 is 6.09 Å². The Morgan fingerprint density at radius 1 is 1.39 bits per heavy atom. The summed E-state index contributed by atoms with van der Waals surface area (Å²) in [5, 5.41) is 9.34. The van der Waals surface area contributed by atoms with Crippen LogP contribution in [0.4, 0.5) is 10.8 Å². The highest BCUT2D eigenvalue weighted by atomic mass is 79.9. The molecule has 0 aliphatic carbocycles. The number of halogens is 1. The third kappa shape index (κ3) is 2.23. The fraction of sp³-hybridized carbons (Fsp3) is 0.467. The largest absolute Gasteiger partial charge is 0.494 e. The second-order valence-electron chi connectivity index (χ2n) is 5.90. The van der Waals surface area contributed by atoms with E-state index in [-0.39, 0.29) is 12.1 Å². The number of methoxy groups -OCH3 is 1. The minimum atomic E-state index is -0.834. The number of benzene rings is 1. The number of aromatic nitrogens is 1. The van der Waals surface area contributed by atoms with Crippen molar-refractivity contribution < 1.29 is 19.1 Å². The van der Waals surface area contributed by atoms with Crippen LogP contribution in [-0.2, 0) is 0 Å². The van der Waals surface area contributed by atoms with Crippen LogP contribution in [0.15, 0.2) is 21.0 Å². The van der Waals surface area contributed by atoms with E-state index in [1.165, 1.54) is 0 Å². The van der Waals surface area contributed by atoms with Crippen molar-refractivity contribution in [3.05, 3.63) is 16.6 Å². The molecule has 2 atom stereocenters. The molecular formula is C15H16BrN3O4. The molecule has 7 nitrogen and oxygen atoms in total. The summed E-state index contributed by atoms with van der Waals surface area (Å²) in [5.74, 6) is 0.658. The summed E-state index contributed by atoms with van der Waals surface area (Å²) < 4.78 is 12.1. The zero-order valence-electron chi connectivity index (χ0n) is 12.5. The van der Waals surface area contributed by atoms with E-state index < -0.39 is 6.09 Å². The van der Waals surface area contributed by atoms with Crippen LogP contribution in [0.3, 0.4) is 0 Å². The number of rotatable bonds is 2. The Morgan fingerprint density at radius 2 is 2.09 bits per heavy atom. The quantitative estimate of drug-likeness (QED) is 0.861. The van der Waals surface area contributed by atoms with E-state index in [1.54, 1.807) is 12.0 Å². The van der Waals surface area contributed by atoms with E-state index >= 15 is 0 Å². The van der Waals surface area contributed by atoms with Crippen LogP contribution in [0.5, 0.6) is 5.75 Å². The summed E-state index contributed by atoms with van der Waals surface area (Å²) in [6, 6.07) is 4.23. The Morgan fingerprint density at radius 3 is 2.70 bits per heavy atom. The average molecular weight is 382 g/mol. The second-order valence-corrected chi connectivity index (χ2v) is 6.76. The van der Waals surface area contributed by atoms with Crippen molar-refractivity contribution in [1.29, 1.82) is 0 Å². The minimum absolute atomic E-state index is 0.00611. The van der Waals surface area contributed by atoms with Crippen molar-refractivity contribution in [2.75, 3.05) is 25.1 Å². The molecule has 8 heteroatoms. The van der Waals surface area contributed by atoms with Gasteiger partial charge in [0.25, 0.3) is 6.01 Å². The third-order valence-electron chi connectivity index (χ3n) is 4.64. The number of carbonyl (C=O) groups is 1. The summed E-state index contributed by atoms with van der Waals surface area (Å²) in [5.41, 5.74) is 1.32. The van der Waals surface area contributed by atoms with Crippen molar-refractivity contribution in [1.82, 2.24) is 9.88 Å². The van der Waals surface area contributed by atoms with E-state index in [9.17, 15) is 9.90 Å². The Hall–Kier alpha value is -1.96. The van der Waals surface area contributed by atoms with Crippen LogP contribution in [0.2, 0.25) is 0 Å². The van der Waals surface area contributed by atoms with Gasteiger partial charge in [-0.2, -0.15) is 4.98 Å². The monoisotopic (exact) mass is 381 g/mol. The number of ether oxygens (including phenoxy) is 1. The summed E-state index contributed by atoms with van der Waals surface area (Å²) >= 11 is 3.47. The molecule has 1 amide bonds. The molecule has 1 aromatic carbocycles. The van der Waals surface area contributed by atoms with E-state index in [1.807, 2.05) is 17.0 Å². The topological polar surface area (TPSA) is 79.0 Å². The Kier molecular flexibility index (Phi) is 3.37. The Labute approximate surface area is 140 Å². The number of fused-ring (bicyclic) bond motifs is 3. The lowest BCUT2D eigenvalue weighted by Gasteiger charge is -2.38.